The van der Waals surface area contributed by atoms with Gasteiger partial charge in [-0.3, -0.25) is 0 Å². The summed E-state index contributed by atoms with van der Waals surface area (Å²) in [6.07, 6.45) is -0.622. The average molecular weight is 293 g/mol. The largest absolute Gasteiger partial charge is 0.394 e. The van der Waals surface area contributed by atoms with Crippen molar-refractivity contribution in [1.82, 2.24) is 19.6 Å². The number of hydrogen-bond donors (Lipinski definition) is 5. The van der Waals surface area contributed by atoms with E-state index in [0.717, 1.165) is 0 Å². The van der Waals surface area contributed by atoms with Crippen molar-refractivity contribution < 1.29 is 18.9 Å². The molecular weight excluding hydrogens is 274 g/mol. The van der Waals surface area contributed by atoms with E-state index in [9.17, 15) is 9.32 Å². The zero-order chi connectivity index (χ0) is 14.4. The van der Waals surface area contributed by atoms with Crippen molar-refractivity contribution >= 4 is 11.2 Å². The molecule has 4 atom stereocenters. The molecule has 1 heterocycles. The molecule has 0 saturated carbocycles. The van der Waals surface area contributed by atoms with Crippen LogP contribution in [0.1, 0.15) is 31.6 Å². The molecule has 0 aliphatic rings. The van der Waals surface area contributed by atoms with E-state index in [1.807, 2.05) is 0 Å². The highest BCUT2D eigenvalue weighted by Crippen LogP contribution is 2.05. The van der Waals surface area contributed by atoms with Gasteiger partial charge in [0.25, 0.3) is 0 Å². The second kappa shape index (κ2) is 7.62. The molecule has 9 nitrogen and oxygen atoms in total. The maximum Gasteiger partial charge on any atom is 0.241 e. The molecule has 1 rings (SSSR count). The molecule has 0 aliphatic carbocycles. The normalized spacial score (nSPS) is 17.9. The molecule has 6 N–H and O–H groups in total. The lowest BCUT2D eigenvalue weighted by atomic mass is 10.2. The van der Waals surface area contributed by atoms with Crippen molar-refractivity contribution in [3.8, 4) is 0 Å². The van der Waals surface area contributed by atoms with Crippen molar-refractivity contribution in [3.05, 3.63) is 11.7 Å². The Hall–Kier alpha value is -0.910. The Labute approximate surface area is 113 Å². The molecule has 0 saturated heterocycles. The molecule has 110 valence electrons. The number of rotatable bonds is 8. The molecule has 1 aromatic heterocycles. The SMILES string of the molecule is CC(O)C(C)NS(=O)NCc1nc(C(N)CO)no1. The molecule has 0 fully saturated rings. The number of nitrogens with zero attached hydrogens (tertiary/aromatic N) is 2. The van der Waals surface area contributed by atoms with Gasteiger partial charge in [0, 0.05) is 6.04 Å². The Balaban J connectivity index is 2.40. The van der Waals surface area contributed by atoms with Gasteiger partial charge in [0.1, 0.15) is 0 Å². The number of aromatic nitrogens is 2. The van der Waals surface area contributed by atoms with Gasteiger partial charge in [-0.05, 0) is 13.8 Å². The first kappa shape index (κ1) is 16.1. The zero-order valence-electron chi connectivity index (χ0n) is 10.7. The van der Waals surface area contributed by atoms with E-state index in [1.165, 1.54) is 0 Å². The monoisotopic (exact) mass is 293 g/mol. The summed E-state index contributed by atoms with van der Waals surface area (Å²) in [5.41, 5.74) is 5.51. The summed E-state index contributed by atoms with van der Waals surface area (Å²) in [6.45, 7) is 3.09. The van der Waals surface area contributed by atoms with Gasteiger partial charge in [0.15, 0.2) is 17.0 Å². The Morgan fingerprint density at radius 2 is 2.21 bits per heavy atom. The minimum Gasteiger partial charge on any atom is -0.394 e. The summed E-state index contributed by atoms with van der Waals surface area (Å²) in [5.74, 6) is 0.397. The van der Waals surface area contributed by atoms with Crippen LogP contribution in [0.5, 0.6) is 0 Å². The molecule has 0 amide bonds. The lowest BCUT2D eigenvalue weighted by Gasteiger charge is -2.15. The number of nitrogens with two attached hydrogens (primary N) is 1. The van der Waals surface area contributed by atoms with Gasteiger partial charge in [-0.25, -0.2) is 13.7 Å². The Bertz CT molecular complexity index is 413. The van der Waals surface area contributed by atoms with Gasteiger partial charge in [-0.2, -0.15) is 4.98 Å². The van der Waals surface area contributed by atoms with Crippen molar-refractivity contribution in [1.29, 1.82) is 0 Å². The van der Waals surface area contributed by atoms with Crippen molar-refractivity contribution in [2.75, 3.05) is 6.61 Å². The van der Waals surface area contributed by atoms with Crippen LogP contribution in [0.3, 0.4) is 0 Å². The molecule has 0 radical (unpaired) electrons. The molecule has 1 aromatic rings. The molecule has 0 spiro atoms. The second-order valence-electron chi connectivity index (χ2n) is 4.07. The summed E-state index contributed by atoms with van der Waals surface area (Å²) in [4.78, 5) is 3.93. The van der Waals surface area contributed by atoms with E-state index in [0.29, 0.717) is 0 Å². The second-order valence-corrected chi connectivity index (χ2v) is 5.13. The molecule has 0 bridgehead atoms. The third-order valence-electron chi connectivity index (χ3n) is 2.38. The first-order chi connectivity index (χ1) is 8.93. The quantitative estimate of drug-likeness (QED) is 0.376. The molecule has 19 heavy (non-hydrogen) atoms. The van der Waals surface area contributed by atoms with Gasteiger partial charge in [-0.15, -0.1) is 0 Å². The summed E-state index contributed by atoms with van der Waals surface area (Å²) >= 11 is -1.54. The fourth-order valence-electron chi connectivity index (χ4n) is 1.01. The fraction of sp³-hybridized carbons (Fsp3) is 0.778. The predicted octanol–water partition coefficient (Wildman–Crippen LogP) is -1.91. The molecule has 0 aromatic carbocycles. The van der Waals surface area contributed by atoms with Crippen LogP contribution in [-0.2, 0) is 17.7 Å². The van der Waals surface area contributed by atoms with Crippen LogP contribution < -0.4 is 15.2 Å². The van der Waals surface area contributed by atoms with Crippen LogP contribution in [0.4, 0.5) is 0 Å². The lowest BCUT2D eigenvalue weighted by Crippen LogP contribution is -2.41. The topological polar surface area (TPSA) is 147 Å². The van der Waals surface area contributed by atoms with Crippen LogP contribution in [0.2, 0.25) is 0 Å². The van der Waals surface area contributed by atoms with Gasteiger partial charge in [-0.1, -0.05) is 5.16 Å². The van der Waals surface area contributed by atoms with Crippen molar-refractivity contribution in [3.63, 3.8) is 0 Å². The van der Waals surface area contributed by atoms with E-state index in [4.69, 9.17) is 15.4 Å². The fourth-order valence-corrected chi connectivity index (χ4v) is 1.88. The number of hydrogen-bond acceptors (Lipinski definition) is 7. The Morgan fingerprint density at radius 1 is 1.53 bits per heavy atom. The standard InChI is InChI=1S/C9H19N5O4S/c1-5(6(2)16)14-19(17)11-3-8-12-9(13-18-8)7(10)4-15/h5-7,11,14-16H,3-4,10H2,1-2H3. The van der Waals surface area contributed by atoms with Crippen LogP contribution in [-0.4, -0.2) is 43.3 Å². The highest BCUT2D eigenvalue weighted by molar-refractivity contribution is 7.81. The summed E-state index contributed by atoms with van der Waals surface area (Å²) in [6, 6.07) is -1.02. The van der Waals surface area contributed by atoms with Gasteiger partial charge >= 0.3 is 0 Å². The lowest BCUT2D eigenvalue weighted by molar-refractivity contribution is 0.164. The minimum atomic E-state index is -1.54. The predicted molar refractivity (Wildman–Crippen MR) is 67.6 cm³/mol. The highest BCUT2D eigenvalue weighted by Gasteiger charge is 2.15. The van der Waals surface area contributed by atoms with E-state index >= 15 is 0 Å². The van der Waals surface area contributed by atoms with Gasteiger partial charge in [0.2, 0.25) is 5.89 Å². The molecule has 0 aliphatic heterocycles. The van der Waals surface area contributed by atoms with E-state index in [-0.39, 0.29) is 30.9 Å². The van der Waals surface area contributed by atoms with Crippen molar-refractivity contribution in [2.24, 2.45) is 5.73 Å². The first-order valence-corrected chi connectivity index (χ1v) is 6.87. The van der Waals surface area contributed by atoms with Gasteiger partial charge < -0.3 is 20.5 Å². The van der Waals surface area contributed by atoms with Crippen LogP contribution in [0.25, 0.3) is 0 Å². The number of aliphatic hydroxyl groups excluding tert-OH is 2. The average Bonchev–Trinajstić information content (AvgIpc) is 2.84. The van der Waals surface area contributed by atoms with Crippen LogP contribution >= 0.6 is 0 Å². The maximum absolute atomic E-state index is 11.6. The summed E-state index contributed by atoms with van der Waals surface area (Å²) in [5, 5.41) is 21.6. The van der Waals surface area contributed by atoms with Crippen LogP contribution in [0, 0.1) is 0 Å². The van der Waals surface area contributed by atoms with E-state index in [1.54, 1.807) is 13.8 Å². The number of nitrogens with one attached hydrogen (secondary N) is 2. The Morgan fingerprint density at radius 3 is 2.79 bits per heavy atom. The molecule has 10 heteroatoms. The number of aliphatic hydroxyl groups is 2. The highest BCUT2D eigenvalue weighted by atomic mass is 32.2. The van der Waals surface area contributed by atoms with E-state index < -0.39 is 23.3 Å². The third-order valence-corrected chi connectivity index (χ3v) is 3.38. The summed E-state index contributed by atoms with van der Waals surface area (Å²) in [7, 11) is 0. The zero-order valence-corrected chi connectivity index (χ0v) is 11.6. The molecular formula is C9H19N5O4S. The van der Waals surface area contributed by atoms with Crippen LogP contribution in [0.15, 0.2) is 4.52 Å². The van der Waals surface area contributed by atoms with Gasteiger partial charge in [0.05, 0.1) is 25.3 Å². The minimum absolute atomic E-state index is 0.0806. The maximum atomic E-state index is 11.6. The smallest absolute Gasteiger partial charge is 0.241 e. The first-order valence-electron chi connectivity index (χ1n) is 5.72. The van der Waals surface area contributed by atoms with E-state index in [2.05, 4.69) is 19.6 Å². The summed E-state index contributed by atoms with van der Waals surface area (Å²) < 4.78 is 21.7. The third kappa shape index (κ3) is 5.30. The molecule has 4 unspecified atom stereocenters. The Kier molecular flexibility index (Phi) is 6.48. The van der Waals surface area contributed by atoms with Crippen molar-refractivity contribution in [2.45, 2.75) is 38.6 Å².